The minimum Gasteiger partial charge on any atom is -0.493 e. The van der Waals surface area contributed by atoms with E-state index in [1.807, 2.05) is 0 Å². The molecule has 0 bridgehead atoms. The normalized spacial score (nSPS) is 17.7. The lowest BCUT2D eigenvalue weighted by Gasteiger charge is -2.18. The monoisotopic (exact) mass is 266 g/mol. The summed E-state index contributed by atoms with van der Waals surface area (Å²) >= 11 is 6.38. The van der Waals surface area contributed by atoms with E-state index in [4.69, 9.17) is 21.1 Å². The van der Waals surface area contributed by atoms with E-state index in [9.17, 15) is 4.79 Å². The van der Waals surface area contributed by atoms with E-state index in [1.165, 1.54) is 0 Å². The summed E-state index contributed by atoms with van der Waals surface area (Å²) in [5.41, 5.74) is 3.31. The van der Waals surface area contributed by atoms with Crippen molar-refractivity contribution in [2.75, 3.05) is 13.2 Å². The Balaban J connectivity index is 2.20. The maximum absolute atomic E-state index is 10.8. The molecular formula is C14H15ClO3. The van der Waals surface area contributed by atoms with Gasteiger partial charge in [-0.3, -0.25) is 0 Å². The first-order chi connectivity index (χ1) is 8.74. The summed E-state index contributed by atoms with van der Waals surface area (Å²) < 4.78 is 11.4. The fraction of sp³-hybridized carbons (Fsp3) is 0.500. The molecule has 18 heavy (non-hydrogen) atoms. The van der Waals surface area contributed by atoms with Gasteiger partial charge in [0.25, 0.3) is 0 Å². The maximum Gasteiger partial charge on any atom is 0.142 e. The molecule has 2 aliphatic rings. The second-order valence-electron chi connectivity index (χ2n) is 4.84. The molecule has 2 aliphatic heterocycles. The lowest BCUT2D eigenvalue weighted by atomic mass is 9.89. The van der Waals surface area contributed by atoms with Gasteiger partial charge in [-0.05, 0) is 5.92 Å². The molecular weight excluding hydrogens is 252 g/mol. The van der Waals surface area contributed by atoms with Crippen molar-refractivity contribution in [1.82, 2.24) is 0 Å². The van der Waals surface area contributed by atoms with Gasteiger partial charge in [-0.15, -0.1) is 0 Å². The van der Waals surface area contributed by atoms with Crippen LogP contribution in [0.3, 0.4) is 0 Å². The molecule has 0 fully saturated rings. The topological polar surface area (TPSA) is 35.5 Å². The van der Waals surface area contributed by atoms with Gasteiger partial charge in [0.05, 0.1) is 18.2 Å². The van der Waals surface area contributed by atoms with Crippen LogP contribution in [-0.4, -0.2) is 19.5 Å². The average Bonchev–Trinajstić information content (AvgIpc) is 2.97. The summed E-state index contributed by atoms with van der Waals surface area (Å²) in [6.45, 7) is 3.38. The van der Waals surface area contributed by atoms with Gasteiger partial charge in [0.15, 0.2) is 0 Å². The lowest BCUT2D eigenvalue weighted by molar-refractivity contribution is -0.108. The van der Waals surface area contributed by atoms with Crippen molar-refractivity contribution in [2.45, 2.75) is 32.1 Å². The third-order valence-corrected chi connectivity index (χ3v) is 4.12. The molecule has 0 saturated carbocycles. The highest BCUT2D eigenvalue weighted by Gasteiger charge is 2.32. The Bertz CT molecular complexity index is 475. The highest BCUT2D eigenvalue weighted by atomic mass is 35.5. The Labute approximate surface area is 111 Å². The standard InChI is InChI=1S/C14H15ClO3/c1-8(2-5-16)11-9-3-6-18-14(9)12(15)10-4-7-17-13(10)11/h5,8H,2-4,6-7H2,1H3. The Hall–Kier alpha value is -1.22. The molecule has 1 aromatic rings. The second-order valence-corrected chi connectivity index (χ2v) is 5.22. The largest absolute Gasteiger partial charge is 0.493 e. The van der Waals surface area contributed by atoms with Crippen molar-refractivity contribution in [3.05, 3.63) is 21.7 Å². The number of aldehydes is 1. The quantitative estimate of drug-likeness (QED) is 0.789. The van der Waals surface area contributed by atoms with Crippen LogP contribution in [0, 0.1) is 0 Å². The van der Waals surface area contributed by atoms with Gasteiger partial charge in [-0.25, -0.2) is 0 Å². The highest BCUT2D eigenvalue weighted by molar-refractivity contribution is 6.33. The van der Waals surface area contributed by atoms with Gasteiger partial charge in [0.1, 0.15) is 17.8 Å². The minimum absolute atomic E-state index is 0.155. The molecule has 0 aromatic heterocycles. The highest BCUT2D eigenvalue weighted by Crippen LogP contribution is 2.49. The van der Waals surface area contributed by atoms with Gasteiger partial charge in [0, 0.05) is 36.0 Å². The summed E-state index contributed by atoms with van der Waals surface area (Å²) in [4.78, 5) is 10.8. The summed E-state index contributed by atoms with van der Waals surface area (Å²) in [6, 6.07) is 0. The van der Waals surface area contributed by atoms with Crippen molar-refractivity contribution in [3.8, 4) is 11.5 Å². The van der Waals surface area contributed by atoms with Crippen LogP contribution >= 0.6 is 11.6 Å². The minimum atomic E-state index is 0.155. The molecule has 1 atom stereocenters. The van der Waals surface area contributed by atoms with E-state index in [2.05, 4.69) is 6.92 Å². The molecule has 96 valence electrons. The van der Waals surface area contributed by atoms with Gasteiger partial charge < -0.3 is 14.3 Å². The Morgan fingerprint density at radius 3 is 2.61 bits per heavy atom. The summed E-state index contributed by atoms with van der Waals surface area (Å²) in [5.74, 6) is 1.87. The fourth-order valence-electron chi connectivity index (χ4n) is 2.87. The number of halogens is 1. The molecule has 2 heterocycles. The number of hydrogen-bond donors (Lipinski definition) is 0. The van der Waals surface area contributed by atoms with Crippen LogP contribution in [0.2, 0.25) is 5.02 Å². The first-order valence-corrected chi connectivity index (χ1v) is 6.68. The van der Waals surface area contributed by atoms with Gasteiger partial charge in [0.2, 0.25) is 0 Å². The molecule has 0 radical (unpaired) electrons. The van der Waals surface area contributed by atoms with Crippen LogP contribution in [0.25, 0.3) is 0 Å². The smallest absolute Gasteiger partial charge is 0.142 e. The van der Waals surface area contributed by atoms with Crippen molar-refractivity contribution in [2.24, 2.45) is 0 Å². The van der Waals surface area contributed by atoms with Crippen molar-refractivity contribution >= 4 is 17.9 Å². The molecule has 1 aromatic carbocycles. The molecule has 3 rings (SSSR count). The van der Waals surface area contributed by atoms with E-state index in [-0.39, 0.29) is 5.92 Å². The SMILES string of the molecule is CC(CC=O)c1c2c(c(Cl)c3c1OCC3)OCC2. The number of rotatable bonds is 3. The first-order valence-electron chi connectivity index (χ1n) is 6.30. The molecule has 4 heteroatoms. The second kappa shape index (κ2) is 4.47. The molecule has 0 amide bonds. The van der Waals surface area contributed by atoms with Crippen LogP contribution in [-0.2, 0) is 17.6 Å². The fourth-order valence-corrected chi connectivity index (χ4v) is 3.22. The zero-order chi connectivity index (χ0) is 12.7. The Kier molecular flexibility index (Phi) is 2.94. The number of carbonyl (C=O) groups excluding carboxylic acids is 1. The molecule has 0 N–H and O–H groups in total. The predicted octanol–water partition coefficient (Wildman–Crippen LogP) is 2.90. The van der Waals surface area contributed by atoms with E-state index >= 15 is 0 Å². The zero-order valence-electron chi connectivity index (χ0n) is 10.3. The van der Waals surface area contributed by atoms with Crippen LogP contribution in [0.4, 0.5) is 0 Å². The van der Waals surface area contributed by atoms with E-state index in [1.54, 1.807) is 0 Å². The zero-order valence-corrected chi connectivity index (χ0v) is 11.0. The average molecular weight is 267 g/mol. The number of fused-ring (bicyclic) bond motifs is 2. The van der Waals surface area contributed by atoms with Crippen molar-refractivity contribution in [1.29, 1.82) is 0 Å². The summed E-state index contributed by atoms with van der Waals surface area (Å²) in [7, 11) is 0. The molecule has 0 spiro atoms. The number of ether oxygens (including phenoxy) is 2. The summed E-state index contributed by atoms with van der Waals surface area (Å²) in [6.07, 6.45) is 3.14. The van der Waals surface area contributed by atoms with Gasteiger partial charge in [-0.1, -0.05) is 18.5 Å². The predicted molar refractivity (Wildman–Crippen MR) is 68.9 cm³/mol. The number of benzene rings is 1. The van der Waals surface area contributed by atoms with Crippen LogP contribution in [0.5, 0.6) is 11.5 Å². The van der Waals surface area contributed by atoms with Gasteiger partial charge >= 0.3 is 0 Å². The van der Waals surface area contributed by atoms with Crippen LogP contribution in [0.1, 0.15) is 36.0 Å². The third kappa shape index (κ3) is 1.61. The van der Waals surface area contributed by atoms with Crippen LogP contribution < -0.4 is 9.47 Å². The number of hydrogen-bond acceptors (Lipinski definition) is 3. The molecule has 3 nitrogen and oxygen atoms in total. The number of carbonyl (C=O) groups is 1. The van der Waals surface area contributed by atoms with E-state index < -0.39 is 0 Å². The lowest BCUT2D eigenvalue weighted by Crippen LogP contribution is -2.03. The Morgan fingerprint density at radius 1 is 1.22 bits per heavy atom. The van der Waals surface area contributed by atoms with E-state index in [0.717, 1.165) is 47.3 Å². The van der Waals surface area contributed by atoms with E-state index in [0.29, 0.717) is 24.7 Å². The molecule has 0 saturated heterocycles. The Morgan fingerprint density at radius 2 is 1.89 bits per heavy atom. The van der Waals surface area contributed by atoms with Crippen molar-refractivity contribution < 1.29 is 14.3 Å². The molecule has 1 unspecified atom stereocenters. The van der Waals surface area contributed by atoms with Crippen molar-refractivity contribution in [3.63, 3.8) is 0 Å². The maximum atomic E-state index is 10.8. The first kappa shape index (κ1) is 11.8. The van der Waals surface area contributed by atoms with Gasteiger partial charge in [-0.2, -0.15) is 0 Å². The third-order valence-electron chi connectivity index (χ3n) is 3.72. The molecule has 0 aliphatic carbocycles. The van der Waals surface area contributed by atoms with Crippen LogP contribution in [0.15, 0.2) is 0 Å². The summed E-state index contributed by atoms with van der Waals surface area (Å²) in [5, 5.41) is 0.706.